The zero-order valence-corrected chi connectivity index (χ0v) is 13.2. The molecule has 1 fully saturated rings. The monoisotopic (exact) mass is 269 g/mol. The minimum Gasteiger partial charge on any atom is -0.352 e. The number of carbonyl (C=O) groups excluding carboxylic acids is 1. The van der Waals surface area contributed by atoms with Crippen molar-refractivity contribution in [2.24, 2.45) is 0 Å². The minimum atomic E-state index is -0.0589. The third-order valence-corrected chi connectivity index (χ3v) is 4.13. The molecule has 4 heteroatoms. The first-order valence-electron chi connectivity index (χ1n) is 7.75. The van der Waals surface area contributed by atoms with E-state index in [1.165, 1.54) is 12.8 Å². The highest BCUT2D eigenvalue weighted by atomic mass is 16.2. The molecule has 1 rings (SSSR count). The smallest absolute Gasteiger partial charge is 0.237 e. The second-order valence-electron chi connectivity index (χ2n) is 6.08. The van der Waals surface area contributed by atoms with E-state index >= 15 is 0 Å². The summed E-state index contributed by atoms with van der Waals surface area (Å²) < 4.78 is 0. The summed E-state index contributed by atoms with van der Waals surface area (Å²) in [6, 6.07) is 1.13. The van der Waals surface area contributed by atoms with E-state index in [2.05, 4.69) is 43.2 Å². The number of nitrogens with zero attached hydrogens (tertiary/aromatic N) is 1. The van der Waals surface area contributed by atoms with Gasteiger partial charge >= 0.3 is 0 Å². The largest absolute Gasteiger partial charge is 0.352 e. The lowest BCUT2D eigenvalue weighted by molar-refractivity contribution is -0.127. The van der Waals surface area contributed by atoms with E-state index < -0.39 is 0 Å². The lowest BCUT2D eigenvalue weighted by Gasteiger charge is -2.34. The van der Waals surface area contributed by atoms with Gasteiger partial charge in [0, 0.05) is 24.7 Å². The third-order valence-electron chi connectivity index (χ3n) is 4.13. The van der Waals surface area contributed by atoms with E-state index in [4.69, 9.17) is 0 Å². The van der Waals surface area contributed by atoms with Crippen LogP contribution in [0.2, 0.25) is 0 Å². The van der Waals surface area contributed by atoms with Gasteiger partial charge in [-0.05, 0) is 53.5 Å². The molecule has 0 bridgehead atoms. The van der Waals surface area contributed by atoms with Crippen LogP contribution in [0.15, 0.2) is 0 Å². The summed E-state index contributed by atoms with van der Waals surface area (Å²) in [6.45, 7) is 12.6. The fourth-order valence-corrected chi connectivity index (χ4v) is 2.60. The molecule has 0 aromatic rings. The molecule has 1 amide bonds. The fourth-order valence-electron chi connectivity index (χ4n) is 2.60. The van der Waals surface area contributed by atoms with Crippen LogP contribution in [0, 0.1) is 0 Å². The summed E-state index contributed by atoms with van der Waals surface area (Å²) in [7, 11) is 0. The summed E-state index contributed by atoms with van der Waals surface area (Å²) in [5, 5.41) is 6.60. The van der Waals surface area contributed by atoms with Crippen molar-refractivity contribution < 1.29 is 4.79 Å². The van der Waals surface area contributed by atoms with Crippen molar-refractivity contribution in [1.29, 1.82) is 0 Å². The number of nitrogens with one attached hydrogen (secondary N) is 2. The van der Waals surface area contributed by atoms with Crippen molar-refractivity contribution in [1.82, 2.24) is 15.5 Å². The van der Waals surface area contributed by atoms with Crippen molar-refractivity contribution in [3.63, 3.8) is 0 Å². The molecular weight excluding hydrogens is 238 g/mol. The van der Waals surface area contributed by atoms with Gasteiger partial charge in [0.15, 0.2) is 0 Å². The van der Waals surface area contributed by atoms with Crippen LogP contribution in [0.3, 0.4) is 0 Å². The van der Waals surface area contributed by atoms with Gasteiger partial charge in [-0.3, -0.25) is 9.69 Å². The molecule has 4 nitrogen and oxygen atoms in total. The van der Waals surface area contributed by atoms with Crippen molar-refractivity contribution in [2.45, 2.75) is 78.0 Å². The molecule has 0 saturated carbocycles. The molecular formula is C15H31N3O. The summed E-state index contributed by atoms with van der Waals surface area (Å²) >= 11 is 0. The Kier molecular flexibility index (Phi) is 6.80. The molecule has 0 aromatic heterocycles. The van der Waals surface area contributed by atoms with Crippen LogP contribution < -0.4 is 10.6 Å². The summed E-state index contributed by atoms with van der Waals surface area (Å²) in [5.41, 5.74) is 0. The van der Waals surface area contributed by atoms with E-state index in [1.54, 1.807) is 0 Å². The van der Waals surface area contributed by atoms with E-state index in [0.29, 0.717) is 12.1 Å². The molecule has 3 unspecified atom stereocenters. The molecule has 112 valence electrons. The van der Waals surface area contributed by atoms with Gasteiger partial charge in [-0.15, -0.1) is 0 Å². The Morgan fingerprint density at radius 2 is 2.05 bits per heavy atom. The third kappa shape index (κ3) is 5.11. The molecule has 3 atom stereocenters. The maximum absolute atomic E-state index is 12.3. The summed E-state index contributed by atoms with van der Waals surface area (Å²) in [6.07, 6.45) is 3.46. The van der Waals surface area contributed by atoms with Crippen LogP contribution in [0.25, 0.3) is 0 Å². The molecule has 1 aliphatic heterocycles. The van der Waals surface area contributed by atoms with Gasteiger partial charge in [0.2, 0.25) is 5.91 Å². The first-order chi connectivity index (χ1) is 8.95. The van der Waals surface area contributed by atoms with Gasteiger partial charge in [0.1, 0.15) is 0 Å². The molecule has 1 heterocycles. The average molecular weight is 269 g/mol. The molecule has 2 N–H and O–H groups in total. The van der Waals surface area contributed by atoms with Crippen molar-refractivity contribution in [2.75, 3.05) is 13.1 Å². The Morgan fingerprint density at radius 1 is 1.37 bits per heavy atom. The maximum atomic E-state index is 12.3. The van der Waals surface area contributed by atoms with Crippen LogP contribution in [0.1, 0.15) is 53.9 Å². The normalized spacial score (nSPS) is 22.8. The van der Waals surface area contributed by atoms with Gasteiger partial charge in [0.05, 0.1) is 6.04 Å². The van der Waals surface area contributed by atoms with Crippen molar-refractivity contribution in [3.8, 4) is 0 Å². The Bertz CT molecular complexity index is 275. The molecule has 0 aromatic carbocycles. The first-order valence-corrected chi connectivity index (χ1v) is 7.75. The van der Waals surface area contributed by atoms with Crippen molar-refractivity contribution in [3.05, 3.63) is 0 Å². The van der Waals surface area contributed by atoms with Gasteiger partial charge in [-0.25, -0.2) is 0 Å². The Morgan fingerprint density at radius 3 is 2.53 bits per heavy atom. The van der Waals surface area contributed by atoms with Gasteiger partial charge in [0.25, 0.3) is 0 Å². The highest BCUT2D eigenvalue weighted by molar-refractivity contribution is 5.81. The summed E-state index contributed by atoms with van der Waals surface area (Å²) in [5.74, 6) is 0.154. The topological polar surface area (TPSA) is 44.4 Å². The highest BCUT2D eigenvalue weighted by Crippen LogP contribution is 2.12. The molecule has 1 aliphatic rings. The van der Waals surface area contributed by atoms with Crippen LogP contribution >= 0.6 is 0 Å². The van der Waals surface area contributed by atoms with E-state index in [0.717, 1.165) is 19.5 Å². The number of hydrogen-bond donors (Lipinski definition) is 2. The molecule has 0 radical (unpaired) electrons. The van der Waals surface area contributed by atoms with Gasteiger partial charge in [-0.1, -0.05) is 6.92 Å². The second kappa shape index (κ2) is 7.85. The highest BCUT2D eigenvalue weighted by Gasteiger charge is 2.27. The minimum absolute atomic E-state index is 0.0589. The second-order valence-corrected chi connectivity index (χ2v) is 6.08. The predicted molar refractivity (Wildman–Crippen MR) is 80.2 cm³/mol. The Labute approximate surface area is 118 Å². The maximum Gasteiger partial charge on any atom is 0.237 e. The molecule has 1 saturated heterocycles. The zero-order chi connectivity index (χ0) is 14.4. The molecule has 0 spiro atoms. The lowest BCUT2D eigenvalue weighted by Crippen LogP contribution is -2.53. The van der Waals surface area contributed by atoms with Gasteiger partial charge in [-0.2, -0.15) is 0 Å². The van der Waals surface area contributed by atoms with E-state index in [9.17, 15) is 4.79 Å². The van der Waals surface area contributed by atoms with Gasteiger partial charge < -0.3 is 10.6 Å². The standard InChI is InChI=1S/C15H31N3O/c1-6-12(4)17-15(19)13(5)18(11(2)3)10-14-8-7-9-16-14/h11-14,16H,6-10H2,1-5H3,(H,17,19). The lowest BCUT2D eigenvalue weighted by atomic mass is 10.1. The number of hydrogen-bond acceptors (Lipinski definition) is 3. The van der Waals surface area contributed by atoms with E-state index in [1.807, 2.05) is 6.92 Å². The Balaban J connectivity index is 2.55. The SMILES string of the molecule is CCC(C)NC(=O)C(C)N(CC1CCCN1)C(C)C. The van der Waals surface area contributed by atoms with Crippen LogP contribution in [0.5, 0.6) is 0 Å². The van der Waals surface area contributed by atoms with Crippen LogP contribution in [-0.4, -0.2) is 48.1 Å². The van der Waals surface area contributed by atoms with Crippen molar-refractivity contribution >= 4 is 5.91 Å². The van der Waals surface area contributed by atoms with Crippen LogP contribution in [0.4, 0.5) is 0 Å². The number of carbonyl (C=O) groups is 1. The Hall–Kier alpha value is -0.610. The number of amides is 1. The first kappa shape index (κ1) is 16.4. The number of rotatable bonds is 7. The fraction of sp³-hybridized carbons (Fsp3) is 0.933. The van der Waals surface area contributed by atoms with Crippen LogP contribution in [-0.2, 0) is 4.79 Å². The molecule has 19 heavy (non-hydrogen) atoms. The predicted octanol–water partition coefficient (Wildman–Crippen LogP) is 1.75. The average Bonchev–Trinajstić information content (AvgIpc) is 2.87. The quantitative estimate of drug-likeness (QED) is 0.740. The molecule has 0 aliphatic carbocycles. The zero-order valence-electron chi connectivity index (χ0n) is 13.2. The van der Waals surface area contributed by atoms with E-state index in [-0.39, 0.29) is 18.0 Å². The summed E-state index contributed by atoms with van der Waals surface area (Å²) in [4.78, 5) is 14.6.